The van der Waals surface area contributed by atoms with Crippen LogP contribution in [0.4, 0.5) is 0 Å². The summed E-state index contributed by atoms with van der Waals surface area (Å²) in [7, 11) is 1.87. The van der Waals surface area contributed by atoms with Gasteiger partial charge in [-0.05, 0) is 47.1 Å². The van der Waals surface area contributed by atoms with Crippen molar-refractivity contribution in [2.45, 2.75) is 64.8 Å². The number of likely N-dealkylation sites (N-methyl/N-ethyl adjacent to an activating group) is 1. The highest BCUT2D eigenvalue weighted by molar-refractivity contribution is 5.85. The standard InChI is InChI=1S/C14H27NO/c1-5-6-7-8-9-10-11-12-14(3,15-4)13(2)16/h5-6,15H,7-12H2,1-4H3/t14-/m0/s1. The highest BCUT2D eigenvalue weighted by Gasteiger charge is 2.26. The second kappa shape index (κ2) is 8.51. The average molecular weight is 225 g/mol. The first-order chi connectivity index (χ1) is 7.56. The van der Waals surface area contributed by atoms with E-state index in [9.17, 15) is 4.79 Å². The van der Waals surface area contributed by atoms with Crippen LogP contribution >= 0.6 is 0 Å². The molecule has 0 radical (unpaired) electrons. The van der Waals surface area contributed by atoms with Gasteiger partial charge in [0.1, 0.15) is 5.78 Å². The van der Waals surface area contributed by atoms with Crippen molar-refractivity contribution in [3.8, 4) is 0 Å². The van der Waals surface area contributed by atoms with Crippen molar-refractivity contribution in [1.82, 2.24) is 5.32 Å². The number of hydrogen-bond acceptors (Lipinski definition) is 2. The van der Waals surface area contributed by atoms with E-state index in [0.717, 1.165) is 12.8 Å². The van der Waals surface area contributed by atoms with Gasteiger partial charge in [-0.25, -0.2) is 0 Å². The molecule has 0 aliphatic heterocycles. The summed E-state index contributed by atoms with van der Waals surface area (Å²) in [6, 6.07) is 0. The molecule has 0 aliphatic rings. The van der Waals surface area contributed by atoms with Gasteiger partial charge in [0.05, 0.1) is 5.54 Å². The minimum Gasteiger partial charge on any atom is -0.308 e. The molecule has 0 aromatic carbocycles. The number of ketones is 1. The molecule has 0 aromatic heterocycles. The van der Waals surface area contributed by atoms with Gasteiger partial charge in [-0.3, -0.25) is 4.79 Å². The normalized spacial score (nSPS) is 15.2. The van der Waals surface area contributed by atoms with Crippen LogP contribution in [0, 0.1) is 0 Å². The zero-order valence-electron chi connectivity index (χ0n) is 11.3. The summed E-state index contributed by atoms with van der Waals surface area (Å²) in [5, 5.41) is 3.13. The molecule has 0 aliphatic carbocycles. The number of carbonyl (C=O) groups excluding carboxylic acids is 1. The Bertz CT molecular complexity index is 223. The summed E-state index contributed by atoms with van der Waals surface area (Å²) >= 11 is 0. The number of hydrogen-bond donors (Lipinski definition) is 1. The Kier molecular flexibility index (Phi) is 8.18. The van der Waals surface area contributed by atoms with E-state index >= 15 is 0 Å². The Morgan fingerprint density at radius 1 is 1.25 bits per heavy atom. The minimum atomic E-state index is -0.316. The molecule has 0 heterocycles. The number of rotatable bonds is 9. The van der Waals surface area contributed by atoms with Gasteiger partial charge in [0.15, 0.2) is 0 Å². The van der Waals surface area contributed by atoms with E-state index in [1.54, 1.807) is 6.92 Å². The Balaban J connectivity index is 3.60. The summed E-state index contributed by atoms with van der Waals surface area (Å²) in [6.45, 7) is 5.73. The SMILES string of the molecule is CC=CCCCCCC[C@](C)(NC)C(C)=O. The van der Waals surface area contributed by atoms with Crippen molar-refractivity contribution < 1.29 is 4.79 Å². The maximum atomic E-state index is 11.4. The molecular weight excluding hydrogens is 198 g/mol. The second-order valence-electron chi connectivity index (χ2n) is 4.66. The molecule has 0 saturated carbocycles. The molecule has 0 spiro atoms. The van der Waals surface area contributed by atoms with Crippen LogP contribution in [0.2, 0.25) is 0 Å². The Hall–Kier alpha value is -0.630. The molecule has 0 unspecified atom stereocenters. The van der Waals surface area contributed by atoms with E-state index in [0.29, 0.717) is 0 Å². The van der Waals surface area contributed by atoms with Crippen molar-refractivity contribution in [2.75, 3.05) is 7.05 Å². The van der Waals surface area contributed by atoms with Crippen molar-refractivity contribution in [3.05, 3.63) is 12.2 Å². The summed E-state index contributed by atoms with van der Waals surface area (Å²) in [4.78, 5) is 11.4. The Labute approximate surface area is 101 Å². The lowest BCUT2D eigenvalue weighted by atomic mass is 9.90. The first-order valence-electron chi connectivity index (χ1n) is 6.38. The van der Waals surface area contributed by atoms with Crippen LogP contribution in [0.1, 0.15) is 59.3 Å². The summed E-state index contributed by atoms with van der Waals surface area (Å²) < 4.78 is 0. The second-order valence-corrected chi connectivity index (χ2v) is 4.66. The lowest BCUT2D eigenvalue weighted by molar-refractivity contribution is -0.122. The van der Waals surface area contributed by atoms with E-state index in [-0.39, 0.29) is 11.3 Å². The molecule has 0 rings (SSSR count). The monoisotopic (exact) mass is 225 g/mol. The largest absolute Gasteiger partial charge is 0.308 e. The average Bonchev–Trinajstić information content (AvgIpc) is 2.27. The fourth-order valence-electron chi connectivity index (χ4n) is 1.74. The topological polar surface area (TPSA) is 29.1 Å². The molecule has 94 valence electrons. The molecule has 16 heavy (non-hydrogen) atoms. The predicted octanol–water partition coefficient (Wildman–Crippen LogP) is 3.47. The van der Waals surface area contributed by atoms with Crippen LogP contribution in [0.5, 0.6) is 0 Å². The molecule has 0 bridgehead atoms. The molecule has 2 nitrogen and oxygen atoms in total. The molecule has 1 atom stereocenters. The lowest BCUT2D eigenvalue weighted by Crippen LogP contribution is -2.46. The van der Waals surface area contributed by atoms with E-state index in [2.05, 4.69) is 24.4 Å². The quantitative estimate of drug-likeness (QED) is 0.481. The first-order valence-corrected chi connectivity index (χ1v) is 6.38. The number of nitrogens with one attached hydrogen (secondary N) is 1. The van der Waals surface area contributed by atoms with Gasteiger partial charge < -0.3 is 5.32 Å². The Morgan fingerprint density at radius 2 is 1.88 bits per heavy atom. The van der Waals surface area contributed by atoms with E-state index in [1.807, 2.05) is 14.0 Å². The zero-order chi connectivity index (χ0) is 12.4. The van der Waals surface area contributed by atoms with E-state index in [1.165, 1.54) is 25.7 Å². The zero-order valence-corrected chi connectivity index (χ0v) is 11.3. The first kappa shape index (κ1) is 15.4. The maximum absolute atomic E-state index is 11.4. The van der Waals surface area contributed by atoms with Crippen molar-refractivity contribution in [2.24, 2.45) is 0 Å². The maximum Gasteiger partial charge on any atom is 0.149 e. The number of unbranched alkanes of at least 4 members (excludes halogenated alkanes) is 4. The minimum absolute atomic E-state index is 0.240. The molecule has 2 heteroatoms. The third-order valence-electron chi connectivity index (χ3n) is 3.36. The molecule has 0 fully saturated rings. The van der Waals surface area contributed by atoms with Crippen LogP contribution in [0.3, 0.4) is 0 Å². The highest BCUT2D eigenvalue weighted by atomic mass is 16.1. The van der Waals surface area contributed by atoms with Gasteiger partial charge in [-0.2, -0.15) is 0 Å². The van der Waals surface area contributed by atoms with Gasteiger partial charge in [0.2, 0.25) is 0 Å². The third-order valence-corrected chi connectivity index (χ3v) is 3.36. The molecule has 0 saturated heterocycles. The van der Waals surface area contributed by atoms with Crippen molar-refractivity contribution in [3.63, 3.8) is 0 Å². The number of allylic oxidation sites excluding steroid dienone is 2. The van der Waals surface area contributed by atoms with Crippen LogP contribution in [0.15, 0.2) is 12.2 Å². The fraction of sp³-hybridized carbons (Fsp3) is 0.786. The Morgan fingerprint density at radius 3 is 2.38 bits per heavy atom. The van der Waals surface area contributed by atoms with Crippen molar-refractivity contribution >= 4 is 5.78 Å². The van der Waals surface area contributed by atoms with E-state index in [4.69, 9.17) is 0 Å². The van der Waals surface area contributed by atoms with Gasteiger partial charge in [-0.1, -0.05) is 31.4 Å². The highest BCUT2D eigenvalue weighted by Crippen LogP contribution is 2.16. The van der Waals surface area contributed by atoms with E-state index < -0.39 is 0 Å². The van der Waals surface area contributed by atoms with Gasteiger partial charge in [0, 0.05) is 0 Å². The fourth-order valence-corrected chi connectivity index (χ4v) is 1.74. The van der Waals surface area contributed by atoms with Crippen LogP contribution in [-0.2, 0) is 4.79 Å². The van der Waals surface area contributed by atoms with Crippen LogP contribution in [-0.4, -0.2) is 18.4 Å². The molecule has 0 amide bonds. The summed E-state index contributed by atoms with van der Waals surface area (Å²) in [5.74, 6) is 0.240. The predicted molar refractivity (Wildman–Crippen MR) is 70.7 cm³/mol. The number of Topliss-reactive ketones (excluding diaryl/α,β-unsaturated/α-hetero) is 1. The smallest absolute Gasteiger partial charge is 0.149 e. The summed E-state index contributed by atoms with van der Waals surface area (Å²) in [5.41, 5.74) is -0.316. The van der Waals surface area contributed by atoms with Gasteiger partial charge in [0.25, 0.3) is 0 Å². The van der Waals surface area contributed by atoms with Crippen LogP contribution < -0.4 is 5.32 Å². The third kappa shape index (κ3) is 6.06. The van der Waals surface area contributed by atoms with Gasteiger partial charge >= 0.3 is 0 Å². The van der Waals surface area contributed by atoms with Crippen molar-refractivity contribution in [1.29, 1.82) is 0 Å². The summed E-state index contributed by atoms with van der Waals surface area (Å²) in [6.07, 6.45) is 11.3. The van der Waals surface area contributed by atoms with Crippen LogP contribution in [0.25, 0.3) is 0 Å². The number of carbonyl (C=O) groups is 1. The molecule has 1 N–H and O–H groups in total. The molecule has 0 aromatic rings. The lowest BCUT2D eigenvalue weighted by Gasteiger charge is -2.26. The van der Waals surface area contributed by atoms with Gasteiger partial charge in [-0.15, -0.1) is 0 Å². The molecular formula is C14H27NO.